The highest BCUT2D eigenvalue weighted by Gasteiger charge is 2.59. The number of aromatic hydroxyl groups is 2. The molecule has 0 bridgehead atoms. The van der Waals surface area contributed by atoms with Gasteiger partial charge >= 0.3 is 0 Å². The van der Waals surface area contributed by atoms with Crippen molar-refractivity contribution >= 4 is 64.4 Å². The second kappa shape index (κ2) is 23.2. The van der Waals surface area contributed by atoms with Gasteiger partial charge in [-0.15, -0.1) is 0 Å². The van der Waals surface area contributed by atoms with E-state index < -0.39 is 17.4 Å². The molecule has 2 amide bonds. The van der Waals surface area contributed by atoms with E-state index in [1.807, 2.05) is 41.5 Å². The number of rotatable bonds is 13. The molecule has 0 fully saturated rings. The number of halogens is 5. The Bertz CT molecular complexity index is 2160. The molecule has 2 aliphatic heterocycles. The second-order valence-electron chi connectivity index (χ2n) is 13.0. The monoisotopic (exact) mass is 923 g/mol. The zero-order valence-corrected chi connectivity index (χ0v) is 39.1. The summed E-state index contributed by atoms with van der Waals surface area (Å²) in [7, 11) is 0. The first kappa shape index (κ1) is 51.1. The van der Waals surface area contributed by atoms with Crippen molar-refractivity contribution in [2.45, 2.75) is 74.8 Å². The number of aryl methyl sites for hydroxylation is 2. The lowest BCUT2D eigenvalue weighted by atomic mass is 9.72. The van der Waals surface area contributed by atoms with E-state index in [4.69, 9.17) is 65.5 Å². The van der Waals surface area contributed by atoms with Crippen molar-refractivity contribution in [3.63, 3.8) is 0 Å². The highest BCUT2D eigenvalue weighted by atomic mass is 35.5. The number of phenolic OH excluding ortho intramolecular Hbond substituents is 2. The van der Waals surface area contributed by atoms with Gasteiger partial charge in [-0.25, -0.2) is 4.39 Å². The number of nitrogens with one attached hydrogen (secondary N) is 1. The molecule has 4 aromatic carbocycles. The molecule has 16 heteroatoms. The smallest absolute Gasteiger partial charge is 0.260 e. The zero-order valence-electron chi connectivity index (χ0n) is 36.1. The van der Waals surface area contributed by atoms with Gasteiger partial charge in [0.25, 0.3) is 11.8 Å². The molecule has 0 saturated heterocycles. The first-order valence-electron chi connectivity index (χ1n) is 20.1. The molecule has 2 aliphatic rings. The maximum Gasteiger partial charge on any atom is 0.260 e. The van der Waals surface area contributed by atoms with Gasteiger partial charge in [-0.1, -0.05) is 105 Å². The summed E-state index contributed by atoms with van der Waals surface area (Å²) in [4.78, 5) is 33.2. The van der Waals surface area contributed by atoms with E-state index in [0.717, 1.165) is 0 Å². The van der Waals surface area contributed by atoms with Crippen LogP contribution in [0, 0.1) is 33.5 Å². The summed E-state index contributed by atoms with van der Waals surface area (Å²) in [6, 6.07) is 9.10. The van der Waals surface area contributed by atoms with Crippen molar-refractivity contribution in [3.05, 3.63) is 112 Å². The molecule has 1 spiro atoms. The van der Waals surface area contributed by atoms with Gasteiger partial charge in [0.15, 0.2) is 6.61 Å². The first-order valence-corrected chi connectivity index (χ1v) is 21.6. The predicted molar refractivity (Wildman–Crippen MR) is 241 cm³/mol. The lowest BCUT2D eigenvalue weighted by molar-refractivity contribution is -0.125. The van der Waals surface area contributed by atoms with Gasteiger partial charge in [-0.3, -0.25) is 9.59 Å². The van der Waals surface area contributed by atoms with E-state index in [0.29, 0.717) is 38.9 Å². The quantitative estimate of drug-likeness (QED) is 0.0396. The molecule has 6 rings (SSSR count). The zero-order chi connectivity index (χ0) is 45.8. The number of fused-ring (bicyclic) bond motifs is 6. The Hall–Kier alpha value is -4.30. The van der Waals surface area contributed by atoms with Crippen LogP contribution in [0.1, 0.15) is 96.4 Å². The third-order valence-electron chi connectivity index (χ3n) is 9.57. The Morgan fingerprint density at radius 3 is 1.85 bits per heavy atom. The topological polar surface area (TPSA) is 139 Å². The third-order valence-corrected chi connectivity index (χ3v) is 11.4. The molecule has 61 heavy (non-hydrogen) atoms. The van der Waals surface area contributed by atoms with E-state index >= 15 is 0 Å². The summed E-state index contributed by atoms with van der Waals surface area (Å²) < 4.78 is 31.0. The largest absolute Gasteiger partial charge is 0.507 e. The van der Waals surface area contributed by atoms with Crippen LogP contribution >= 0.6 is 46.4 Å². The van der Waals surface area contributed by atoms with Crippen molar-refractivity contribution in [3.8, 4) is 23.0 Å². The Morgan fingerprint density at radius 1 is 0.803 bits per heavy atom. The molecule has 11 nitrogen and oxygen atoms in total. The molecule has 0 radical (unpaired) electrons. The molecule has 0 aliphatic carbocycles. The van der Waals surface area contributed by atoms with Gasteiger partial charge in [-0.05, 0) is 68.7 Å². The molecule has 0 saturated carbocycles. The van der Waals surface area contributed by atoms with Gasteiger partial charge in [0.05, 0.1) is 58.3 Å². The van der Waals surface area contributed by atoms with E-state index in [2.05, 4.69) is 10.5 Å². The van der Waals surface area contributed by atoms with Crippen LogP contribution in [0.2, 0.25) is 20.1 Å². The summed E-state index contributed by atoms with van der Waals surface area (Å²) in [6.45, 7) is 19.4. The Morgan fingerprint density at radius 2 is 1.31 bits per heavy atom. The summed E-state index contributed by atoms with van der Waals surface area (Å²) in [5.74, 6) is -0.705. The van der Waals surface area contributed by atoms with Crippen LogP contribution in [0.15, 0.2) is 41.6 Å². The molecule has 2 heterocycles. The number of oxime groups is 1. The van der Waals surface area contributed by atoms with Crippen molar-refractivity contribution in [2.75, 3.05) is 46.1 Å². The molecule has 0 unspecified atom stereocenters. The predicted octanol–water partition coefficient (Wildman–Crippen LogP) is 11.2. The van der Waals surface area contributed by atoms with Crippen molar-refractivity contribution in [2.24, 2.45) is 5.16 Å². The molecular formula is C45H54Cl4FN3O8. The van der Waals surface area contributed by atoms with Crippen LogP contribution in [0.5, 0.6) is 23.0 Å². The number of carbonyl (C=O) groups is 2. The average Bonchev–Trinajstić information content (AvgIpc) is 3.52. The lowest BCUT2D eigenvalue weighted by Gasteiger charge is -2.45. The lowest BCUT2D eigenvalue weighted by Crippen LogP contribution is -2.49. The highest BCUT2D eigenvalue weighted by molar-refractivity contribution is 6.53. The minimum Gasteiger partial charge on any atom is -0.507 e. The molecule has 3 N–H and O–H groups in total. The number of amides is 2. The van der Waals surface area contributed by atoms with Crippen molar-refractivity contribution in [1.29, 1.82) is 0 Å². The molecule has 0 atom stereocenters. The number of hydrogen-bond acceptors (Lipinski definition) is 9. The van der Waals surface area contributed by atoms with E-state index in [1.165, 1.54) is 30.5 Å². The molecule has 332 valence electrons. The van der Waals surface area contributed by atoms with Crippen LogP contribution in [-0.2, 0) is 24.6 Å². The summed E-state index contributed by atoms with van der Waals surface area (Å²) in [5.41, 5.74) is 2.31. The van der Waals surface area contributed by atoms with Crippen molar-refractivity contribution in [1.82, 2.24) is 10.2 Å². The highest BCUT2D eigenvalue weighted by Crippen LogP contribution is 2.64. The van der Waals surface area contributed by atoms with Crippen molar-refractivity contribution < 1.29 is 43.2 Å². The van der Waals surface area contributed by atoms with Gasteiger partial charge < -0.3 is 39.5 Å². The fraction of sp³-hybridized carbons (Fsp3) is 0.400. The number of hydrogen-bond donors (Lipinski definition) is 3. The summed E-state index contributed by atoms with van der Waals surface area (Å²) in [5, 5.41) is 28.2. The van der Waals surface area contributed by atoms with Crippen LogP contribution in [-0.4, -0.2) is 79.3 Å². The third kappa shape index (κ3) is 10.3. The minimum atomic E-state index is -1.51. The summed E-state index contributed by atoms with van der Waals surface area (Å²) in [6.07, 6.45) is 1.37. The Kier molecular flexibility index (Phi) is 19.4. The molecular weight excluding hydrogens is 871 g/mol. The van der Waals surface area contributed by atoms with Gasteiger partial charge in [-0.2, -0.15) is 0 Å². The van der Waals surface area contributed by atoms with Gasteiger partial charge in [0.1, 0.15) is 34.4 Å². The number of nitrogens with zero attached hydrogens (tertiary/aromatic N) is 2. The van der Waals surface area contributed by atoms with Crippen LogP contribution in [0.3, 0.4) is 0 Å². The number of phenols is 2. The van der Waals surface area contributed by atoms with Gasteiger partial charge in [0, 0.05) is 40.9 Å². The SMILES string of the molecule is CC.CC.CC.Cc1cc2c(c(C)c1O)Oc1c(cc(C)c(O)c1C)C21c2c(Cl)c(Cl)c(Cl)c(Cl)c2C(=O)N1CCOCCOCCNC(=O)CO/N=C/c1ccc(F)cc1. The number of carbonyl (C=O) groups excluding carboxylic acids is 2. The molecule has 4 aromatic rings. The Balaban J connectivity index is 0.00000158. The average molecular weight is 926 g/mol. The van der Waals surface area contributed by atoms with Gasteiger partial charge in [0.2, 0.25) is 0 Å². The maximum atomic E-state index is 14.7. The second-order valence-corrected chi connectivity index (χ2v) is 14.5. The normalized spacial score (nSPS) is 12.8. The van der Waals surface area contributed by atoms with E-state index in [9.17, 15) is 24.2 Å². The minimum absolute atomic E-state index is 0.00427. The Labute approximate surface area is 377 Å². The van der Waals surface area contributed by atoms with Crippen LogP contribution in [0.4, 0.5) is 4.39 Å². The summed E-state index contributed by atoms with van der Waals surface area (Å²) >= 11 is 27.1. The van der Waals surface area contributed by atoms with E-state index in [-0.39, 0.29) is 106 Å². The fourth-order valence-corrected chi connectivity index (χ4v) is 7.99. The fourth-order valence-electron chi connectivity index (χ4n) is 6.92. The maximum absolute atomic E-state index is 14.7. The standard InChI is InChI=1S/C39H36Cl4FN3O8.3C2H6/c1-19-15-25-36(21(3)34(19)49)55-37-22(4)35(50)20(2)16-26(37)39(25)29-28(30(40)32(42)33(43)31(29)41)38(51)47(39)10-12-53-14-13-52-11-9-45-27(48)18-54-46-17-23-5-7-24(44)8-6-23;3*1-2/h5-8,15-17,49-50H,9-14,18H2,1-4H3,(H,45,48);3*1-2H3/b46-17+;;;. The van der Waals surface area contributed by atoms with Crippen LogP contribution < -0.4 is 10.1 Å². The van der Waals surface area contributed by atoms with E-state index in [1.54, 1.807) is 44.7 Å². The first-order chi connectivity index (χ1) is 29.2. The number of ether oxygens (including phenoxy) is 3. The van der Waals surface area contributed by atoms with Crippen LogP contribution in [0.25, 0.3) is 0 Å². The molecule has 0 aromatic heterocycles. The number of benzene rings is 4.